The molecule has 0 aromatic heterocycles. The highest BCUT2D eigenvalue weighted by molar-refractivity contribution is 7.98. The van der Waals surface area contributed by atoms with Crippen LogP contribution >= 0.6 is 11.8 Å². The third kappa shape index (κ3) is 4.52. The van der Waals surface area contributed by atoms with Gasteiger partial charge in [-0.05, 0) is 29.8 Å². The fraction of sp³-hybridized carbons (Fsp3) is 0.250. The Morgan fingerprint density at radius 2 is 1.62 bits per heavy atom. The van der Waals surface area contributed by atoms with Gasteiger partial charge in [0.15, 0.2) is 0 Å². The van der Waals surface area contributed by atoms with Gasteiger partial charge in [-0.1, -0.05) is 30.3 Å². The normalized spacial score (nSPS) is 13.9. The molecule has 5 nitrogen and oxygen atoms in total. The molecule has 0 spiro atoms. The molecule has 0 aliphatic carbocycles. The molecule has 1 heterocycles. The summed E-state index contributed by atoms with van der Waals surface area (Å²) in [6.07, 6.45) is 0.503. The zero-order chi connectivity index (χ0) is 18.4. The third-order valence-corrected chi connectivity index (χ3v) is 5.11. The number of imide groups is 1. The molecule has 3 amide bonds. The Labute approximate surface area is 156 Å². The van der Waals surface area contributed by atoms with Crippen molar-refractivity contribution in [1.29, 1.82) is 0 Å². The highest BCUT2D eigenvalue weighted by Crippen LogP contribution is 2.22. The molecule has 1 aliphatic rings. The second-order valence-electron chi connectivity index (χ2n) is 5.96. The number of amides is 3. The van der Waals surface area contributed by atoms with Crippen LogP contribution in [0.3, 0.4) is 0 Å². The van der Waals surface area contributed by atoms with E-state index in [2.05, 4.69) is 17.4 Å². The standard InChI is InChI=1S/C20H20N2O3S/c23-18-10-11-19(24)22(18)17-8-6-16(7-9-17)20(25)21-12-13-26-14-15-4-2-1-3-5-15/h1-9H,10-14H2,(H,21,25). The van der Waals surface area contributed by atoms with Crippen LogP contribution in [0, 0.1) is 0 Å². The number of anilines is 1. The van der Waals surface area contributed by atoms with E-state index in [-0.39, 0.29) is 30.6 Å². The van der Waals surface area contributed by atoms with Gasteiger partial charge in [-0.3, -0.25) is 19.3 Å². The molecule has 0 atom stereocenters. The van der Waals surface area contributed by atoms with Crippen molar-refractivity contribution in [1.82, 2.24) is 5.32 Å². The molecule has 0 radical (unpaired) electrons. The van der Waals surface area contributed by atoms with E-state index < -0.39 is 0 Å². The van der Waals surface area contributed by atoms with Crippen molar-refractivity contribution in [3.05, 3.63) is 65.7 Å². The highest BCUT2D eigenvalue weighted by atomic mass is 32.2. The molecule has 0 bridgehead atoms. The van der Waals surface area contributed by atoms with Crippen molar-refractivity contribution < 1.29 is 14.4 Å². The van der Waals surface area contributed by atoms with Crippen LogP contribution in [0.15, 0.2) is 54.6 Å². The van der Waals surface area contributed by atoms with Crippen LogP contribution in [0.2, 0.25) is 0 Å². The second-order valence-corrected chi connectivity index (χ2v) is 7.07. The minimum absolute atomic E-state index is 0.157. The van der Waals surface area contributed by atoms with E-state index in [0.29, 0.717) is 17.8 Å². The number of nitrogens with zero attached hydrogens (tertiary/aromatic N) is 1. The first-order valence-corrected chi connectivity index (χ1v) is 9.66. The van der Waals surface area contributed by atoms with Gasteiger partial charge >= 0.3 is 0 Å². The number of rotatable bonds is 7. The van der Waals surface area contributed by atoms with Gasteiger partial charge < -0.3 is 5.32 Å². The smallest absolute Gasteiger partial charge is 0.251 e. The zero-order valence-corrected chi connectivity index (χ0v) is 15.1. The molecule has 0 saturated carbocycles. The van der Waals surface area contributed by atoms with Gasteiger partial charge in [0.2, 0.25) is 11.8 Å². The monoisotopic (exact) mass is 368 g/mol. The minimum atomic E-state index is -0.192. The Bertz CT molecular complexity index is 774. The van der Waals surface area contributed by atoms with Gasteiger partial charge in [0.1, 0.15) is 0 Å². The summed E-state index contributed by atoms with van der Waals surface area (Å²) in [5, 5.41) is 2.88. The lowest BCUT2D eigenvalue weighted by Gasteiger charge is -2.14. The first kappa shape index (κ1) is 18.2. The second kappa shape index (κ2) is 8.67. The topological polar surface area (TPSA) is 66.5 Å². The highest BCUT2D eigenvalue weighted by Gasteiger charge is 2.30. The number of nitrogens with one attached hydrogen (secondary N) is 1. The predicted molar refractivity (Wildman–Crippen MR) is 103 cm³/mol. The van der Waals surface area contributed by atoms with Gasteiger partial charge in [-0.15, -0.1) is 0 Å². The Hall–Kier alpha value is -2.60. The molecule has 1 aliphatic heterocycles. The maximum Gasteiger partial charge on any atom is 0.251 e. The third-order valence-electron chi connectivity index (χ3n) is 4.08. The van der Waals surface area contributed by atoms with Crippen LogP contribution in [0.25, 0.3) is 0 Å². The van der Waals surface area contributed by atoms with E-state index in [1.807, 2.05) is 18.2 Å². The van der Waals surface area contributed by atoms with Crippen LogP contribution in [0.4, 0.5) is 5.69 Å². The van der Waals surface area contributed by atoms with Crippen molar-refractivity contribution in [2.24, 2.45) is 0 Å². The number of thioether (sulfide) groups is 1. The SMILES string of the molecule is O=C(NCCSCc1ccccc1)c1ccc(N2C(=O)CCC2=O)cc1. The summed E-state index contributed by atoms with van der Waals surface area (Å²) in [5.74, 6) is 1.21. The summed E-state index contributed by atoms with van der Waals surface area (Å²) in [6.45, 7) is 0.585. The van der Waals surface area contributed by atoms with Crippen LogP contribution in [-0.2, 0) is 15.3 Å². The summed E-state index contributed by atoms with van der Waals surface area (Å²) >= 11 is 1.77. The van der Waals surface area contributed by atoms with Crippen LogP contribution in [0.5, 0.6) is 0 Å². The molecule has 1 fully saturated rings. The molecular formula is C20H20N2O3S. The van der Waals surface area contributed by atoms with Gasteiger partial charge in [-0.2, -0.15) is 11.8 Å². The van der Waals surface area contributed by atoms with Crippen LogP contribution in [-0.4, -0.2) is 30.0 Å². The molecule has 3 rings (SSSR count). The lowest BCUT2D eigenvalue weighted by atomic mass is 10.2. The molecule has 2 aromatic rings. The fourth-order valence-electron chi connectivity index (χ4n) is 2.73. The van der Waals surface area contributed by atoms with Crippen molar-refractivity contribution in [2.75, 3.05) is 17.2 Å². The van der Waals surface area contributed by atoms with Crippen molar-refractivity contribution in [2.45, 2.75) is 18.6 Å². The van der Waals surface area contributed by atoms with E-state index in [0.717, 1.165) is 11.5 Å². The molecular weight excluding hydrogens is 348 g/mol. The lowest BCUT2D eigenvalue weighted by molar-refractivity contribution is -0.121. The van der Waals surface area contributed by atoms with Crippen LogP contribution in [0.1, 0.15) is 28.8 Å². The largest absolute Gasteiger partial charge is 0.351 e. The Balaban J connectivity index is 1.45. The first-order chi connectivity index (χ1) is 12.6. The summed E-state index contributed by atoms with van der Waals surface area (Å²) in [5.41, 5.74) is 2.30. The van der Waals surface area contributed by atoms with Crippen LogP contribution < -0.4 is 10.2 Å². The van der Waals surface area contributed by atoms with Crippen molar-refractivity contribution in [3.63, 3.8) is 0 Å². The molecule has 134 valence electrons. The zero-order valence-electron chi connectivity index (χ0n) is 14.3. The minimum Gasteiger partial charge on any atom is -0.351 e. The lowest BCUT2D eigenvalue weighted by Crippen LogP contribution is -2.29. The van der Waals surface area contributed by atoms with Gasteiger partial charge in [0.05, 0.1) is 5.69 Å². The number of carbonyl (C=O) groups is 3. The van der Waals surface area contributed by atoms with E-state index in [9.17, 15) is 14.4 Å². The summed E-state index contributed by atoms with van der Waals surface area (Å²) in [6, 6.07) is 16.8. The molecule has 26 heavy (non-hydrogen) atoms. The number of hydrogen-bond acceptors (Lipinski definition) is 4. The molecule has 1 saturated heterocycles. The van der Waals surface area contributed by atoms with E-state index >= 15 is 0 Å². The maximum absolute atomic E-state index is 12.2. The predicted octanol–water partition coefficient (Wildman–Crippen LogP) is 3.00. The van der Waals surface area contributed by atoms with Crippen molar-refractivity contribution in [3.8, 4) is 0 Å². The Morgan fingerprint density at radius 1 is 0.962 bits per heavy atom. The van der Waals surface area contributed by atoms with Gasteiger partial charge in [0.25, 0.3) is 5.91 Å². The summed E-state index contributed by atoms with van der Waals surface area (Å²) in [7, 11) is 0. The molecule has 2 aromatic carbocycles. The number of hydrogen-bond donors (Lipinski definition) is 1. The van der Waals surface area contributed by atoms with E-state index in [4.69, 9.17) is 0 Å². The Morgan fingerprint density at radius 3 is 2.27 bits per heavy atom. The van der Waals surface area contributed by atoms with Gasteiger partial charge in [-0.25, -0.2) is 0 Å². The molecule has 1 N–H and O–H groups in total. The van der Waals surface area contributed by atoms with Crippen molar-refractivity contribution >= 4 is 35.2 Å². The number of carbonyl (C=O) groups excluding carboxylic acids is 3. The Kier molecular flexibility index (Phi) is 6.07. The average molecular weight is 368 g/mol. The average Bonchev–Trinajstić information content (AvgIpc) is 3.00. The first-order valence-electron chi connectivity index (χ1n) is 8.51. The number of benzene rings is 2. The van der Waals surface area contributed by atoms with E-state index in [1.165, 1.54) is 10.5 Å². The maximum atomic E-state index is 12.2. The summed E-state index contributed by atoms with van der Waals surface area (Å²) in [4.78, 5) is 36.8. The quantitative estimate of drug-likeness (QED) is 0.603. The summed E-state index contributed by atoms with van der Waals surface area (Å²) < 4.78 is 0. The molecule has 0 unspecified atom stereocenters. The fourth-order valence-corrected chi connectivity index (χ4v) is 3.55. The van der Waals surface area contributed by atoms with E-state index in [1.54, 1.807) is 36.0 Å². The molecule has 6 heteroatoms. The van der Waals surface area contributed by atoms with Gasteiger partial charge in [0, 0.05) is 36.5 Å².